The minimum atomic E-state index is 0.444. The summed E-state index contributed by atoms with van der Waals surface area (Å²) >= 11 is 12.1. The van der Waals surface area contributed by atoms with Crippen LogP contribution in [0, 0.1) is 17.3 Å². The molecule has 98 valence electrons. The zero-order valence-electron chi connectivity index (χ0n) is 10.7. The second-order valence-corrected chi connectivity index (χ2v) is 6.93. The van der Waals surface area contributed by atoms with E-state index in [4.69, 9.17) is 23.2 Å². The summed E-state index contributed by atoms with van der Waals surface area (Å²) in [6.07, 6.45) is 5.34. The molecule has 2 saturated carbocycles. The molecular formula is C15H19Cl2N. The number of nitrogens with one attached hydrogen (secondary N) is 1. The Balaban J connectivity index is 1.78. The molecule has 1 aromatic carbocycles. The van der Waals surface area contributed by atoms with Crippen molar-refractivity contribution >= 4 is 23.2 Å². The predicted molar refractivity (Wildman–Crippen MR) is 77.4 cm³/mol. The van der Waals surface area contributed by atoms with E-state index in [0.29, 0.717) is 15.5 Å². The lowest BCUT2D eigenvalue weighted by Gasteiger charge is -2.31. The molecule has 1 aromatic rings. The number of fused-ring (bicyclic) bond motifs is 1. The number of hydrogen-bond donors (Lipinski definition) is 1. The molecular weight excluding hydrogens is 265 g/mol. The molecule has 0 aliphatic heterocycles. The first-order valence-electron chi connectivity index (χ1n) is 6.70. The largest absolute Gasteiger partial charge is 0.319 e. The molecule has 0 amide bonds. The first-order chi connectivity index (χ1) is 8.62. The number of hydrogen-bond acceptors (Lipinski definition) is 1. The molecule has 0 radical (unpaired) electrons. The smallest absolute Gasteiger partial charge is 0.0595 e. The van der Waals surface area contributed by atoms with Gasteiger partial charge in [0.25, 0.3) is 0 Å². The normalized spacial score (nSPS) is 33.5. The summed E-state index contributed by atoms with van der Waals surface area (Å²) in [5, 5.41) is 4.71. The van der Waals surface area contributed by atoms with Gasteiger partial charge in [0.15, 0.2) is 0 Å². The van der Waals surface area contributed by atoms with E-state index in [9.17, 15) is 0 Å². The fourth-order valence-electron chi connectivity index (χ4n) is 3.81. The molecule has 0 aromatic heterocycles. The fraction of sp³-hybridized carbons (Fsp3) is 0.600. The summed E-state index contributed by atoms with van der Waals surface area (Å²) in [6, 6.07) is 6.07. The summed E-state index contributed by atoms with van der Waals surface area (Å²) in [6.45, 7) is 1.11. The van der Waals surface area contributed by atoms with Crippen molar-refractivity contribution in [3.8, 4) is 0 Å². The monoisotopic (exact) mass is 283 g/mol. The lowest BCUT2D eigenvalue weighted by Crippen LogP contribution is -2.33. The van der Waals surface area contributed by atoms with Gasteiger partial charge in [-0.2, -0.15) is 0 Å². The second kappa shape index (κ2) is 4.70. The van der Waals surface area contributed by atoms with Gasteiger partial charge in [-0.3, -0.25) is 0 Å². The van der Waals surface area contributed by atoms with Crippen molar-refractivity contribution in [1.29, 1.82) is 0 Å². The highest BCUT2D eigenvalue weighted by Crippen LogP contribution is 2.60. The Morgan fingerprint density at radius 3 is 2.56 bits per heavy atom. The highest BCUT2D eigenvalue weighted by molar-refractivity contribution is 6.42. The molecule has 2 fully saturated rings. The van der Waals surface area contributed by atoms with Crippen LogP contribution in [-0.4, -0.2) is 13.6 Å². The number of halogens is 2. The second-order valence-electron chi connectivity index (χ2n) is 6.12. The van der Waals surface area contributed by atoms with Crippen molar-refractivity contribution in [2.75, 3.05) is 13.6 Å². The van der Waals surface area contributed by atoms with Gasteiger partial charge in [0.2, 0.25) is 0 Å². The topological polar surface area (TPSA) is 12.0 Å². The van der Waals surface area contributed by atoms with Gasteiger partial charge in [-0.25, -0.2) is 0 Å². The maximum Gasteiger partial charge on any atom is 0.0595 e. The summed E-state index contributed by atoms with van der Waals surface area (Å²) in [5.41, 5.74) is 1.76. The zero-order chi connectivity index (χ0) is 12.8. The first kappa shape index (κ1) is 12.8. The average Bonchev–Trinajstić information content (AvgIpc) is 2.93. The molecule has 18 heavy (non-hydrogen) atoms. The van der Waals surface area contributed by atoms with Crippen LogP contribution in [-0.2, 0) is 6.42 Å². The summed E-state index contributed by atoms with van der Waals surface area (Å²) in [5.74, 6) is 2.00. The molecule has 2 atom stereocenters. The van der Waals surface area contributed by atoms with E-state index in [2.05, 4.69) is 18.4 Å². The molecule has 3 heteroatoms. The quantitative estimate of drug-likeness (QED) is 0.875. The van der Waals surface area contributed by atoms with E-state index < -0.39 is 0 Å². The zero-order valence-corrected chi connectivity index (χ0v) is 12.2. The molecule has 2 aliphatic rings. The Kier molecular flexibility index (Phi) is 3.34. The molecule has 1 nitrogen and oxygen atoms in total. The van der Waals surface area contributed by atoms with E-state index >= 15 is 0 Å². The maximum atomic E-state index is 6.11. The molecule has 3 rings (SSSR count). The summed E-state index contributed by atoms with van der Waals surface area (Å²) < 4.78 is 0. The molecule has 0 heterocycles. The molecule has 0 bridgehead atoms. The lowest BCUT2D eigenvalue weighted by atomic mass is 9.77. The maximum absolute atomic E-state index is 6.11. The third-order valence-corrected chi connectivity index (χ3v) is 5.31. The first-order valence-corrected chi connectivity index (χ1v) is 7.46. The van der Waals surface area contributed by atoms with Crippen LogP contribution in [0.5, 0.6) is 0 Å². The van der Waals surface area contributed by atoms with E-state index in [-0.39, 0.29) is 0 Å². The van der Waals surface area contributed by atoms with Crippen molar-refractivity contribution in [3.05, 3.63) is 33.8 Å². The van der Waals surface area contributed by atoms with Gasteiger partial charge in [-0.15, -0.1) is 0 Å². The van der Waals surface area contributed by atoms with E-state index in [0.717, 1.165) is 24.8 Å². The molecule has 0 saturated heterocycles. The Morgan fingerprint density at radius 1 is 1.22 bits per heavy atom. The minimum Gasteiger partial charge on any atom is -0.319 e. The van der Waals surface area contributed by atoms with Crippen molar-refractivity contribution in [3.63, 3.8) is 0 Å². The van der Waals surface area contributed by atoms with Gasteiger partial charge >= 0.3 is 0 Å². The van der Waals surface area contributed by atoms with Crippen LogP contribution in [0.15, 0.2) is 18.2 Å². The fourth-order valence-corrected chi connectivity index (χ4v) is 4.14. The Bertz CT molecular complexity index is 448. The van der Waals surface area contributed by atoms with Crippen LogP contribution in [0.25, 0.3) is 0 Å². The third kappa shape index (κ3) is 2.41. The number of rotatable bonds is 4. The van der Waals surface area contributed by atoms with Crippen LogP contribution < -0.4 is 5.32 Å². The third-order valence-electron chi connectivity index (χ3n) is 4.57. The van der Waals surface area contributed by atoms with E-state index in [1.54, 1.807) is 0 Å². The van der Waals surface area contributed by atoms with E-state index in [1.807, 2.05) is 12.1 Å². The van der Waals surface area contributed by atoms with Crippen molar-refractivity contribution in [1.82, 2.24) is 5.32 Å². The van der Waals surface area contributed by atoms with Crippen LogP contribution >= 0.6 is 23.2 Å². The molecule has 2 unspecified atom stereocenters. The Labute approximate surface area is 119 Å². The SMILES string of the molecule is CNCC1(Cc2ccc(Cl)c(Cl)c2)CC2CC2C1. The minimum absolute atomic E-state index is 0.444. The molecule has 2 aliphatic carbocycles. The van der Waals surface area contributed by atoms with Crippen LogP contribution in [0.4, 0.5) is 0 Å². The van der Waals surface area contributed by atoms with Crippen molar-refractivity contribution < 1.29 is 0 Å². The standard InChI is InChI=1S/C15H19Cl2N/c1-18-9-15(7-11-5-12(11)8-15)6-10-2-3-13(16)14(17)4-10/h2-4,11-12,18H,5-9H2,1H3. The van der Waals surface area contributed by atoms with Crippen LogP contribution in [0.2, 0.25) is 10.0 Å². The predicted octanol–water partition coefficient (Wildman–Crippen LogP) is 4.17. The van der Waals surface area contributed by atoms with Crippen LogP contribution in [0.3, 0.4) is 0 Å². The summed E-state index contributed by atoms with van der Waals surface area (Å²) in [7, 11) is 2.06. The van der Waals surface area contributed by atoms with Gasteiger partial charge in [0.05, 0.1) is 10.0 Å². The lowest BCUT2D eigenvalue weighted by molar-refractivity contribution is 0.255. The Morgan fingerprint density at radius 2 is 1.94 bits per heavy atom. The highest BCUT2D eigenvalue weighted by Gasteiger charge is 2.53. The van der Waals surface area contributed by atoms with Crippen molar-refractivity contribution in [2.45, 2.75) is 25.7 Å². The van der Waals surface area contributed by atoms with Crippen molar-refractivity contribution in [2.24, 2.45) is 17.3 Å². The van der Waals surface area contributed by atoms with Gasteiger partial charge < -0.3 is 5.32 Å². The van der Waals surface area contributed by atoms with E-state index in [1.165, 1.54) is 24.8 Å². The average molecular weight is 284 g/mol. The van der Waals surface area contributed by atoms with Gasteiger partial charge in [-0.1, -0.05) is 29.3 Å². The van der Waals surface area contributed by atoms with Gasteiger partial charge in [0, 0.05) is 6.54 Å². The highest BCUT2D eigenvalue weighted by atomic mass is 35.5. The van der Waals surface area contributed by atoms with Gasteiger partial charge in [0.1, 0.15) is 0 Å². The molecule has 1 N–H and O–H groups in total. The van der Waals surface area contributed by atoms with Crippen LogP contribution in [0.1, 0.15) is 24.8 Å². The summed E-state index contributed by atoms with van der Waals surface area (Å²) in [4.78, 5) is 0. The van der Waals surface area contributed by atoms with Gasteiger partial charge in [-0.05, 0) is 67.7 Å². The number of benzene rings is 1. The Hall–Kier alpha value is -0.240. The molecule has 0 spiro atoms.